The lowest BCUT2D eigenvalue weighted by molar-refractivity contribution is 0.915. The Morgan fingerprint density at radius 1 is 1.00 bits per heavy atom. The Labute approximate surface area is 150 Å². The number of hydrogen-bond acceptors (Lipinski definition) is 2. The van der Waals surface area contributed by atoms with Crippen molar-refractivity contribution in [3.05, 3.63) is 77.4 Å². The third-order valence-corrected chi connectivity index (χ3v) is 6.93. The number of aromatic nitrogens is 2. The molecule has 0 saturated heterocycles. The Kier molecular flexibility index (Phi) is 3.73. The largest absolute Gasteiger partial charge is 0.300 e. The molecule has 0 fully saturated rings. The number of hydrogen-bond donors (Lipinski definition) is 0. The highest BCUT2D eigenvalue weighted by atomic mass is 28.3. The average molecular weight is 346 g/mol. The first-order valence-electron chi connectivity index (χ1n) is 8.73. The molecule has 25 heavy (non-hydrogen) atoms. The highest BCUT2D eigenvalue weighted by Crippen LogP contribution is 2.26. The van der Waals surface area contributed by atoms with Crippen LogP contribution in [0.1, 0.15) is 22.5 Å². The molecule has 3 nitrogen and oxygen atoms in total. The van der Waals surface area contributed by atoms with Crippen LogP contribution in [-0.2, 0) is 6.54 Å². The van der Waals surface area contributed by atoms with Crippen LogP contribution in [0.25, 0.3) is 5.69 Å². The lowest BCUT2D eigenvalue weighted by Gasteiger charge is -2.20. The van der Waals surface area contributed by atoms with Crippen molar-refractivity contribution in [1.29, 1.82) is 0 Å². The lowest BCUT2D eigenvalue weighted by Crippen LogP contribution is -2.38. The molecule has 4 heteroatoms. The van der Waals surface area contributed by atoms with Gasteiger partial charge in [0.2, 0.25) is 0 Å². The molecule has 1 aromatic heterocycles. The van der Waals surface area contributed by atoms with Crippen LogP contribution in [0, 0.1) is 6.92 Å². The summed E-state index contributed by atoms with van der Waals surface area (Å²) in [5.41, 5.74) is 6.87. The summed E-state index contributed by atoms with van der Waals surface area (Å²) in [6.45, 7) is 9.88. The van der Waals surface area contributed by atoms with E-state index in [1.165, 1.54) is 27.7 Å². The average Bonchev–Trinajstić information content (AvgIpc) is 2.87. The molecule has 1 aliphatic heterocycles. The van der Waals surface area contributed by atoms with Crippen LogP contribution >= 0.6 is 0 Å². The maximum Gasteiger partial charge on any atom is 0.0998 e. The van der Waals surface area contributed by atoms with Gasteiger partial charge in [-0.1, -0.05) is 67.3 Å². The van der Waals surface area contributed by atoms with Gasteiger partial charge in [0, 0.05) is 11.1 Å². The molecular formula is C21H23N3Si. The van der Waals surface area contributed by atoms with Crippen LogP contribution in [0.5, 0.6) is 0 Å². The molecule has 1 aliphatic rings. The van der Waals surface area contributed by atoms with E-state index >= 15 is 0 Å². The quantitative estimate of drug-likeness (QED) is 0.644. The van der Waals surface area contributed by atoms with Crippen LogP contribution < -0.4 is 5.19 Å². The minimum Gasteiger partial charge on any atom is -0.300 e. The van der Waals surface area contributed by atoms with Gasteiger partial charge in [0.1, 0.15) is 0 Å². The van der Waals surface area contributed by atoms with Crippen LogP contribution in [0.15, 0.2) is 59.9 Å². The van der Waals surface area contributed by atoms with Gasteiger partial charge < -0.3 is 4.57 Å². The number of imidazole rings is 1. The van der Waals surface area contributed by atoms with Gasteiger partial charge in [0.15, 0.2) is 0 Å². The predicted octanol–water partition coefficient (Wildman–Crippen LogP) is 4.08. The standard InChI is InChI=1S/C21H23N3Si/c1-15-20-13-22-21(16-8-6-5-7-9-16)18-12-17(25(2,3)4)10-11-19(18)24(20)14-23-15/h5-12,14H,13H2,1-4H3. The van der Waals surface area contributed by atoms with Crippen LogP contribution in [-0.4, -0.2) is 23.3 Å². The van der Waals surface area contributed by atoms with E-state index in [0.29, 0.717) is 6.54 Å². The van der Waals surface area contributed by atoms with Gasteiger partial charge in [0.05, 0.1) is 43.7 Å². The number of rotatable bonds is 2. The van der Waals surface area contributed by atoms with Crippen LogP contribution in [0.3, 0.4) is 0 Å². The first-order chi connectivity index (χ1) is 11.9. The monoisotopic (exact) mass is 345 g/mol. The van der Waals surface area contributed by atoms with E-state index in [-0.39, 0.29) is 0 Å². The molecule has 0 spiro atoms. The maximum atomic E-state index is 5.00. The molecule has 4 rings (SSSR count). The summed E-state index contributed by atoms with van der Waals surface area (Å²) in [6.07, 6.45) is 1.93. The van der Waals surface area contributed by atoms with Crippen molar-refractivity contribution in [2.75, 3.05) is 0 Å². The van der Waals surface area contributed by atoms with E-state index in [0.717, 1.165) is 11.4 Å². The minimum atomic E-state index is -1.41. The Morgan fingerprint density at radius 2 is 1.76 bits per heavy atom. The van der Waals surface area contributed by atoms with Crippen molar-refractivity contribution in [1.82, 2.24) is 9.55 Å². The molecule has 2 aromatic carbocycles. The smallest absolute Gasteiger partial charge is 0.0998 e. The zero-order chi connectivity index (χ0) is 17.6. The molecule has 0 atom stereocenters. The van der Waals surface area contributed by atoms with E-state index in [1.807, 2.05) is 6.33 Å². The van der Waals surface area contributed by atoms with E-state index < -0.39 is 8.07 Å². The van der Waals surface area contributed by atoms with Crippen molar-refractivity contribution >= 4 is 19.0 Å². The Morgan fingerprint density at radius 3 is 2.48 bits per heavy atom. The van der Waals surface area contributed by atoms with E-state index in [2.05, 4.69) is 84.6 Å². The van der Waals surface area contributed by atoms with Crippen molar-refractivity contribution in [3.8, 4) is 5.69 Å². The van der Waals surface area contributed by atoms with E-state index in [1.54, 1.807) is 0 Å². The van der Waals surface area contributed by atoms with Crippen molar-refractivity contribution in [2.24, 2.45) is 4.99 Å². The summed E-state index contributed by atoms with van der Waals surface area (Å²) >= 11 is 0. The number of fused-ring (bicyclic) bond motifs is 3. The van der Waals surface area contributed by atoms with Gasteiger partial charge in [-0.05, 0) is 13.0 Å². The molecule has 0 unspecified atom stereocenters. The zero-order valence-corrected chi connectivity index (χ0v) is 16.2. The van der Waals surface area contributed by atoms with Crippen molar-refractivity contribution in [3.63, 3.8) is 0 Å². The first-order valence-corrected chi connectivity index (χ1v) is 12.2. The Bertz CT molecular complexity index is 963. The predicted molar refractivity (Wildman–Crippen MR) is 107 cm³/mol. The SMILES string of the molecule is Cc1ncn2c1CN=C(c1ccccc1)c1cc([Si](C)(C)C)ccc1-2. The second kappa shape index (κ2) is 5.81. The van der Waals surface area contributed by atoms with Gasteiger partial charge in [-0.3, -0.25) is 4.99 Å². The lowest BCUT2D eigenvalue weighted by atomic mass is 10.0. The summed E-state index contributed by atoms with van der Waals surface area (Å²) in [5.74, 6) is 0. The van der Waals surface area contributed by atoms with Gasteiger partial charge in [-0.2, -0.15) is 0 Å². The topological polar surface area (TPSA) is 30.2 Å². The highest BCUT2D eigenvalue weighted by Gasteiger charge is 2.24. The number of nitrogens with zero attached hydrogens (tertiary/aromatic N) is 3. The maximum absolute atomic E-state index is 5.00. The molecule has 126 valence electrons. The third-order valence-electron chi connectivity index (χ3n) is 4.89. The normalized spacial score (nSPS) is 13.7. The molecule has 3 aromatic rings. The highest BCUT2D eigenvalue weighted by molar-refractivity contribution is 6.88. The second-order valence-electron chi connectivity index (χ2n) is 7.66. The molecular weight excluding hydrogens is 322 g/mol. The summed E-state index contributed by atoms with van der Waals surface area (Å²) in [7, 11) is -1.41. The molecule has 0 bridgehead atoms. The fourth-order valence-electron chi connectivity index (χ4n) is 3.35. The van der Waals surface area contributed by atoms with Gasteiger partial charge in [-0.15, -0.1) is 0 Å². The molecule has 2 heterocycles. The Balaban J connectivity index is 2.00. The fraction of sp³-hybridized carbons (Fsp3) is 0.238. The summed E-state index contributed by atoms with van der Waals surface area (Å²) in [6, 6.07) is 17.4. The molecule has 0 radical (unpaired) electrons. The molecule has 0 N–H and O–H groups in total. The van der Waals surface area contributed by atoms with Crippen molar-refractivity contribution < 1.29 is 0 Å². The summed E-state index contributed by atoms with van der Waals surface area (Å²) in [4.78, 5) is 9.51. The molecule has 0 aliphatic carbocycles. The number of aliphatic imine (C=N–C) groups is 1. The van der Waals surface area contributed by atoms with Gasteiger partial charge >= 0.3 is 0 Å². The minimum absolute atomic E-state index is 0.660. The molecule has 0 amide bonds. The summed E-state index contributed by atoms with van der Waals surface area (Å²) in [5, 5.41) is 1.45. The van der Waals surface area contributed by atoms with E-state index in [9.17, 15) is 0 Å². The van der Waals surface area contributed by atoms with Gasteiger partial charge in [-0.25, -0.2) is 4.98 Å². The second-order valence-corrected chi connectivity index (χ2v) is 12.7. The molecule has 0 saturated carbocycles. The third kappa shape index (κ3) is 2.76. The first kappa shape index (κ1) is 16.0. The van der Waals surface area contributed by atoms with E-state index in [4.69, 9.17) is 4.99 Å². The fourth-order valence-corrected chi connectivity index (χ4v) is 4.51. The van der Waals surface area contributed by atoms with Gasteiger partial charge in [0.25, 0.3) is 0 Å². The number of aryl methyl sites for hydroxylation is 1. The summed E-state index contributed by atoms with van der Waals surface area (Å²) < 4.78 is 2.21. The number of benzene rings is 2. The Hall–Kier alpha value is -2.46. The van der Waals surface area contributed by atoms with Crippen LogP contribution in [0.2, 0.25) is 19.6 Å². The van der Waals surface area contributed by atoms with Crippen molar-refractivity contribution in [2.45, 2.75) is 33.1 Å². The zero-order valence-electron chi connectivity index (χ0n) is 15.2. The van der Waals surface area contributed by atoms with Crippen LogP contribution in [0.4, 0.5) is 0 Å².